The third-order valence-electron chi connectivity index (χ3n) is 8.76. The van der Waals surface area contributed by atoms with E-state index in [2.05, 4.69) is 17.6 Å². The van der Waals surface area contributed by atoms with E-state index in [1.807, 2.05) is 84.9 Å². The minimum absolute atomic E-state index is 0.0320. The lowest BCUT2D eigenvalue weighted by molar-refractivity contribution is -0.268. The van der Waals surface area contributed by atoms with E-state index in [0.717, 1.165) is 26.5 Å². The number of carbonyl (C=O) groups excluding carboxylic acids is 4. The van der Waals surface area contributed by atoms with Crippen LogP contribution in [0.5, 0.6) is 0 Å². The summed E-state index contributed by atoms with van der Waals surface area (Å²) in [6.07, 6.45) is -2.44. The molecule has 2 aliphatic rings. The zero-order valence-corrected chi connectivity index (χ0v) is 29.0. The zero-order chi connectivity index (χ0) is 35.9. The highest BCUT2D eigenvalue weighted by Crippen LogP contribution is 2.43. The largest absolute Gasteiger partial charge is 0.445 e. The lowest BCUT2D eigenvalue weighted by Gasteiger charge is -2.41. The number of hydrogen-bond acceptors (Lipinski definition) is 9. The second kappa shape index (κ2) is 16.3. The Morgan fingerprint density at radius 2 is 1.65 bits per heavy atom. The van der Waals surface area contributed by atoms with E-state index in [0.29, 0.717) is 22.7 Å². The fraction of sp³-hybridized carbons (Fsp3) is 0.282. The van der Waals surface area contributed by atoms with Crippen molar-refractivity contribution < 1.29 is 38.5 Å². The fourth-order valence-corrected chi connectivity index (χ4v) is 7.13. The Bertz CT molecular complexity index is 1850. The molecular formula is C39H39N3O8S. The van der Waals surface area contributed by atoms with Crippen molar-refractivity contribution in [3.8, 4) is 0 Å². The summed E-state index contributed by atoms with van der Waals surface area (Å²) in [4.78, 5) is 52.5. The summed E-state index contributed by atoms with van der Waals surface area (Å²) >= 11 is 1.62. The first-order chi connectivity index (χ1) is 24.7. The number of ether oxygens (including phenoxy) is 3. The molecule has 2 aliphatic heterocycles. The van der Waals surface area contributed by atoms with Crippen molar-refractivity contribution in [3.63, 3.8) is 0 Å². The summed E-state index contributed by atoms with van der Waals surface area (Å²) < 4.78 is 18.4. The Balaban J connectivity index is 1.18. The molecule has 2 saturated heterocycles. The molecule has 11 nitrogen and oxygen atoms in total. The number of nitrogens with one attached hydrogen (secondary N) is 2. The highest BCUT2D eigenvalue weighted by Gasteiger charge is 2.42. The summed E-state index contributed by atoms with van der Waals surface area (Å²) in [7, 11) is 0. The highest BCUT2D eigenvalue weighted by molar-refractivity contribution is 7.99. The van der Waals surface area contributed by atoms with Gasteiger partial charge < -0.3 is 30.0 Å². The van der Waals surface area contributed by atoms with Gasteiger partial charge in [-0.2, -0.15) is 0 Å². The molecule has 0 radical (unpaired) electrons. The van der Waals surface area contributed by atoms with Gasteiger partial charge in [-0.25, -0.2) is 9.69 Å². The Morgan fingerprint density at radius 3 is 2.35 bits per heavy atom. The van der Waals surface area contributed by atoms with E-state index in [1.54, 1.807) is 30.0 Å². The smallest absolute Gasteiger partial charge is 0.408 e. The average Bonchev–Trinajstić information content (AvgIpc) is 3.42. The van der Waals surface area contributed by atoms with E-state index in [-0.39, 0.29) is 43.7 Å². The van der Waals surface area contributed by atoms with Crippen LogP contribution in [-0.4, -0.2) is 46.8 Å². The first-order valence-electron chi connectivity index (χ1n) is 16.6. The molecule has 4 aromatic carbocycles. The molecule has 2 fully saturated rings. The maximum absolute atomic E-state index is 13.4. The summed E-state index contributed by atoms with van der Waals surface area (Å²) in [5.41, 5.74) is 4.18. The number of amides is 4. The summed E-state index contributed by atoms with van der Waals surface area (Å²) in [5.74, 6) is -0.616. The molecule has 4 amide bonds. The van der Waals surface area contributed by atoms with Gasteiger partial charge in [0.1, 0.15) is 12.6 Å². The maximum Gasteiger partial charge on any atom is 0.408 e. The van der Waals surface area contributed by atoms with Gasteiger partial charge in [-0.1, -0.05) is 73.7 Å². The Hall–Kier alpha value is -5.01. The van der Waals surface area contributed by atoms with Gasteiger partial charge in [0.25, 0.3) is 5.91 Å². The number of benzene rings is 4. The minimum atomic E-state index is -1.06. The molecule has 0 bridgehead atoms. The van der Waals surface area contributed by atoms with Crippen molar-refractivity contribution in [2.45, 2.75) is 62.9 Å². The monoisotopic (exact) mass is 709 g/mol. The van der Waals surface area contributed by atoms with Crippen LogP contribution >= 0.6 is 11.8 Å². The predicted octanol–water partition coefficient (Wildman–Crippen LogP) is 6.28. The Kier molecular flexibility index (Phi) is 11.5. The van der Waals surface area contributed by atoms with Crippen molar-refractivity contribution in [2.75, 3.05) is 16.0 Å². The molecular weight excluding hydrogens is 671 g/mol. The van der Waals surface area contributed by atoms with Crippen LogP contribution < -0.4 is 15.5 Å². The van der Waals surface area contributed by atoms with Crippen LogP contribution in [0.1, 0.15) is 54.9 Å². The minimum Gasteiger partial charge on any atom is -0.445 e. The van der Waals surface area contributed by atoms with Gasteiger partial charge in [0, 0.05) is 34.7 Å². The summed E-state index contributed by atoms with van der Waals surface area (Å²) in [6, 6.07) is 30.2. The van der Waals surface area contributed by atoms with Crippen molar-refractivity contribution in [1.82, 2.24) is 5.32 Å². The average molecular weight is 710 g/mol. The number of rotatable bonds is 11. The molecule has 3 N–H and O–H groups in total. The highest BCUT2D eigenvalue weighted by atomic mass is 32.2. The number of carbonyl (C=O) groups is 4. The molecule has 264 valence electrons. The van der Waals surface area contributed by atoms with Crippen LogP contribution in [-0.2, 0) is 41.8 Å². The van der Waals surface area contributed by atoms with Crippen LogP contribution in [0.15, 0.2) is 108 Å². The number of hydrogen-bond donors (Lipinski definition) is 3. The van der Waals surface area contributed by atoms with E-state index < -0.39 is 30.2 Å². The molecule has 0 spiro atoms. The topological polar surface area (TPSA) is 144 Å². The molecule has 0 saturated carbocycles. The quantitative estimate of drug-likeness (QED) is 0.121. The maximum atomic E-state index is 13.4. The van der Waals surface area contributed by atoms with Gasteiger partial charge in [-0.05, 0) is 53.1 Å². The van der Waals surface area contributed by atoms with Gasteiger partial charge >= 0.3 is 6.09 Å². The third-order valence-corrected chi connectivity index (χ3v) is 9.87. The van der Waals surface area contributed by atoms with Crippen molar-refractivity contribution in [3.05, 3.63) is 125 Å². The number of aliphatic hydroxyl groups is 1. The molecule has 2 heterocycles. The van der Waals surface area contributed by atoms with Gasteiger partial charge in [0.2, 0.25) is 11.8 Å². The molecule has 12 heteroatoms. The molecule has 51 heavy (non-hydrogen) atoms. The SMILES string of the molecule is CC(=O)Nc1ccc(SC[C@@H]2O[C@H](c3cccc(N4C(=O)CC(NC(=O)OCc5ccccc5)C4=O)c3)O[C@H](c3ccc(CO)cc3)[C@@H]2C)cc1. The number of nitrogens with zero attached hydrogens (tertiary/aromatic N) is 1. The molecule has 5 atom stereocenters. The number of aliphatic hydroxyl groups excluding tert-OH is 1. The fourth-order valence-electron chi connectivity index (χ4n) is 6.06. The van der Waals surface area contributed by atoms with Gasteiger partial charge in [-0.15, -0.1) is 11.8 Å². The van der Waals surface area contributed by atoms with Gasteiger partial charge in [0.05, 0.1) is 30.9 Å². The summed E-state index contributed by atoms with van der Waals surface area (Å²) in [6.45, 7) is 3.50. The third kappa shape index (κ3) is 8.84. The molecule has 0 aliphatic carbocycles. The van der Waals surface area contributed by atoms with Crippen LogP contribution in [0.4, 0.5) is 16.2 Å². The number of anilines is 2. The van der Waals surface area contributed by atoms with Crippen LogP contribution in [0, 0.1) is 5.92 Å². The van der Waals surface area contributed by atoms with Gasteiger partial charge in [0.15, 0.2) is 6.29 Å². The number of alkyl carbamates (subject to hydrolysis) is 1. The second-order valence-corrected chi connectivity index (χ2v) is 13.6. The summed E-state index contributed by atoms with van der Waals surface area (Å²) in [5, 5.41) is 14.9. The second-order valence-electron chi connectivity index (χ2n) is 12.5. The van der Waals surface area contributed by atoms with E-state index in [4.69, 9.17) is 14.2 Å². The van der Waals surface area contributed by atoms with E-state index >= 15 is 0 Å². The molecule has 0 aromatic heterocycles. The molecule has 1 unspecified atom stereocenters. The van der Waals surface area contributed by atoms with Crippen molar-refractivity contribution in [2.24, 2.45) is 5.92 Å². The Labute approximate surface area is 300 Å². The van der Waals surface area contributed by atoms with Crippen LogP contribution in [0.25, 0.3) is 0 Å². The van der Waals surface area contributed by atoms with Gasteiger partial charge in [-0.3, -0.25) is 14.4 Å². The van der Waals surface area contributed by atoms with Crippen molar-refractivity contribution >= 4 is 47.0 Å². The van der Waals surface area contributed by atoms with Crippen LogP contribution in [0.2, 0.25) is 0 Å². The van der Waals surface area contributed by atoms with Crippen molar-refractivity contribution in [1.29, 1.82) is 0 Å². The standard InChI is InChI=1S/C39H39N3O8S/c1-24-34(23-51-32-17-15-30(16-18-32)40-25(2)44)49-38(50-36(24)28-13-11-26(21-43)12-14-28)29-9-6-10-31(19-29)42-35(45)20-33(37(42)46)41-39(47)48-22-27-7-4-3-5-8-27/h3-19,24,33-34,36,38,43H,20-23H2,1-2H3,(H,40,44)(H,41,47)/t24-,33?,34+,36+,38+/m1/s1. The first kappa shape index (κ1) is 35.8. The van der Waals surface area contributed by atoms with E-state index in [9.17, 15) is 24.3 Å². The number of imide groups is 1. The zero-order valence-electron chi connectivity index (χ0n) is 28.2. The van der Waals surface area contributed by atoms with Crippen LogP contribution in [0.3, 0.4) is 0 Å². The van der Waals surface area contributed by atoms with E-state index in [1.165, 1.54) is 6.92 Å². The lowest BCUT2D eigenvalue weighted by atomic mass is 9.91. The lowest BCUT2D eigenvalue weighted by Crippen LogP contribution is -2.42. The first-order valence-corrected chi connectivity index (χ1v) is 17.6. The molecule has 6 rings (SSSR count). The molecule has 4 aromatic rings. The normalized spacial score (nSPS) is 21.7. The predicted molar refractivity (Wildman–Crippen MR) is 192 cm³/mol. The number of thioether (sulfide) groups is 1. The Morgan fingerprint density at radius 1 is 0.902 bits per heavy atom.